The summed E-state index contributed by atoms with van der Waals surface area (Å²) in [6, 6.07) is 5.19. The van der Waals surface area contributed by atoms with Crippen LogP contribution in [-0.4, -0.2) is 20.8 Å². The van der Waals surface area contributed by atoms with Crippen molar-refractivity contribution in [2.75, 3.05) is 0 Å². The molecule has 0 amide bonds. The van der Waals surface area contributed by atoms with Gasteiger partial charge in [0.05, 0.1) is 0 Å². The van der Waals surface area contributed by atoms with Gasteiger partial charge in [-0.15, -0.1) is 5.10 Å². The Morgan fingerprint density at radius 2 is 2.24 bits per heavy atom. The third-order valence-electron chi connectivity index (χ3n) is 2.17. The first-order valence-electron chi connectivity index (χ1n) is 4.55. The number of ketones is 1. The summed E-state index contributed by atoms with van der Waals surface area (Å²) in [5.74, 6) is -0.156. The SMILES string of the molecule is Cn1nnc(Br)c1C(=O)c1cc(Cl)ccc1I. The third kappa shape index (κ3) is 2.53. The molecule has 2 aromatic rings. The summed E-state index contributed by atoms with van der Waals surface area (Å²) in [5, 5.41) is 8.09. The second-order valence-electron chi connectivity index (χ2n) is 3.31. The standard InChI is InChI=1S/C10H6BrClIN3O/c1-16-8(10(11)14-15-16)9(17)6-4-5(12)2-3-7(6)13/h2-4H,1H3. The Kier molecular flexibility index (Phi) is 3.84. The molecule has 88 valence electrons. The minimum absolute atomic E-state index is 0.156. The number of carbonyl (C=O) groups excluding carboxylic acids is 1. The van der Waals surface area contributed by atoms with Crippen LogP contribution in [0.3, 0.4) is 0 Å². The molecule has 2 rings (SSSR count). The zero-order valence-corrected chi connectivity index (χ0v) is 13.1. The summed E-state index contributed by atoms with van der Waals surface area (Å²) in [6.45, 7) is 0. The first kappa shape index (κ1) is 13.0. The molecule has 1 aromatic heterocycles. The van der Waals surface area contributed by atoms with Gasteiger partial charge in [0.25, 0.3) is 0 Å². The van der Waals surface area contributed by atoms with Crippen molar-refractivity contribution in [3.8, 4) is 0 Å². The lowest BCUT2D eigenvalue weighted by atomic mass is 10.1. The monoisotopic (exact) mass is 425 g/mol. The van der Waals surface area contributed by atoms with Crippen LogP contribution >= 0.6 is 50.1 Å². The molecule has 1 heterocycles. The molecule has 0 radical (unpaired) electrons. The molecule has 0 fully saturated rings. The highest BCUT2D eigenvalue weighted by Gasteiger charge is 2.20. The number of aromatic nitrogens is 3. The Balaban J connectivity index is 2.55. The van der Waals surface area contributed by atoms with Gasteiger partial charge in [-0.3, -0.25) is 4.79 Å². The molecular formula is C10H6BrClIN3O. The van der Waals surface area contributed by atoms with Crippen LogP contribution in [0, 0.1) is 3.57 Å². The van der Waals surface area contributed by atoms with E-state index in [-0.39, 0.29) is 5.78 Å². The van der Waals surface area contributed by atoms with Crippen LogP contribution in [0.25, 0.3) is 0 Å². The number of hydrogen-bond acceptors (Lipinski definition) is 3. The Bertz CT molecular complexity index is 580. The maximum atomic E-state index is 12.3. The third-order valence-corrected chi connectivity index (χ3v) is 3.88. The summed E-state index contributed by atoms with van der Waals surface area (Å²) in [7, 11) is 1.67. The minimum Gasteiger partial charge on any atom is -0.287 e. The molecule has 0 atom stereocenters. The van der Waals surface area contributed by atoms with E-state index < -0.39 is 0 Å². The largest absolute Gasteiger partial charge is 0.287 e. The topological polar surface area (TPSA) is 47.8 Å². The molecule has 7 heteroatoms. The summed E-state index contributed by atoms with van der Waals surface area (Å²) in [5.41, 5.74) is 0.953. The fourth-order valence-corrected chi connectivity index (χ4v) is 2.63. The number of rotatable bonds is 2. The van der Waals surface area contributed by atoms with E-state index in [0.29, 0.717) is 20.9 Å². The number of halogens is 3. The van der Waals surface area contributed by atoms with E-state index in [9.17, 15) is 4.79 Å². The van der Waals surface area contributed by atoms with Gasteiger partial charge in [0.15, 0.2) is 4.60 Å². The highest BCUT2D eigenvalue weighted by molar-refractivity contribution is 14.1. The van der Waals surface area contributed by atoms with E-state index in [1.807, 2.05) is 0 Å². The van der Waals surface area contributed by atoms with Gasteiger partial charge in [-0.2, -0.15) is 0 Å². The van der Waals surface area contributed by atoms with Crippen molar-refractivity contribution >= 4 is 55.9 Å². The fourth-order valence-electron chi connectivity index (χ4n) is 1.37. The van der Waals surface area contributed by atoms with Crippen LogP contribution in [0.4, 0.5) is 0 Å². The molecule has 0 saturated carbocycles. The number of hydrogen-bond donors (Lipinski definition) is 0. The van der Waals surface area contributed by atoms with Gasteiger partial charge >= 0.3 is 0 Å². The maximum absolute atomic E-state index is 12.3. The van der Waals surface area contributed by atoms with Crippen molar-refractivity contribution < 1.29 is 4.79 Å². The molecule has 17 heavy (non-hydrogen) atoms. The Hall–Kier alpha value is -0.470. The molecule has 0 aliphatic carbocycles. The van der Waals surface area contributed by atoms with Crippen molar-refractivity contribution in [2.24, 2.45) is 7.05 Å². The maximum Gasteiger partial charge on any atom is 0.214 e. The van der Waals surface area contributed by atoms with Gasteiger partial charge in [-0.05, 0) is 56.7 Å². The molecule has 0 saturated heterocycles. The van der Waals surface area contributed by atoms with Gasteiger partial charge < -0.3 is 0 Å². The van der Waals surface area contributed by atoms with Gasteiger partial charge in [0.2, 0.25) is 5.78 Å². The van der Waals surface area contributed by atoms with Crippen molar-refractivity contribution in [3.63, 3.8) is 0 Å². The molecular weight excluding hydrogens is 420 g/mol. The van der Waals surface area contributed by atoms with E-state index in [1.165, 1.54) is 4.68 Å². The van der Waals surface area contributed by atoms with Crippen LogP contribution < -0.4 is 0 Å². The van der Waals surface area contributed by atoms with Crippen LogP contribution in [0.2, 0.25) is 5.02 Å². The first-order valence-corrected chi connectivity index (χ1v) is 6.80. The van der Waals surface area contributed by atoms with E-state index >= 15 is 0 Å². The van der Waals surface area contributed by atoms with E-state index in [0.717, 1.165) is 3.57 Å². The second-order valence-corrected chi connectivity index (χ2v) is 5.66. The first-order chi connectivity index (χ1) is 8.00. The molecule has 0 bridgehead atoms. The number of benzene rings is 1. The zero-order valence-electron chi connectivity index (χ0n) is 8.62. The Labute approximate surface area is 125 Å². The lowest BCUT2D eigenvalue weighted by molar-refractivity contribution is 0.102. The van der Waals surface area contributed by atoms with E-state index in [1.54, 1.807) is 25.2 Å². The summed E-state index contributed by atoms with van der Waals surface area (Å²) in [6.07, 6.45) is 0. The summed E-state index contributed by atoms with van der Waals surface area (Å²) < 4.78 is 2.70. The van der Waals surface area contributed by atoms with E-state index in [2.05, 4.69) is 48.8 Å². The zero-order chi connectivity index (χ0) is 12.6. The smallest absolute Gasteiger partial charge is 0.214 e. The average molecular weight is 426 g/mol. The molecule has 1 aromatic carbocycles. The lowest BCUT2D eigenvalue weighted by Crippen LogP contribution is -2.10. The molecule has 4 nitrogen and oxygen atoms in total. The fraction of sp³-hybridized carbons (Fsp3) is 0.100. The second kappa shape index (κ2) is 5.03. The van der Waals surface area contributed by atoms with Gasteiger partial charge in [0, 0.05) is 21.2 Å². The Morgan fingerprint density at radius 3 is 2.82 bits per heavy atom. The summed E-state index contributed by atoms with van der Waals surface area (Å²) in [4.78, 5) is 12.3. The highest BCUT2D eigenvalue weighted by atomic mass is 127. The number of aryl methyl sites for hydroxylation is 1. The molecule has 0 N–H and O–H groups in total. The van der Waals surface area contributed by atoms with Gasteiger partial charge in [0.1, 0.15) is 5.69 Å². The van der Waals surface area contributed by atoms with E-state index in [4.69, 9.17) is 11.6 Å². The number of carbonyl (C=O) groups is 1. The predicted octanol–water partition coefficient (Wildman–Crippen LogP) is 3.07. The van der Waals surface area contributed by atoms with Crippen molar-refractivity contribution in [1.29, 1.82) is 0 Å². The molecule has 0 aliphatic heterocycles. The average Bonchev–Trinajstić information content (AvgIpc) is 2.61. The van der Waals surface area contributed by atoms with Crippen molar-refractivity contribution in [3.05, 3.63) is 42.7 Å². The van der Waals surface area contributed by atoms with Crippen LogP contribution in [0.1, 0.15) is 16.1 Å². The summed E-state index contributed by atoms with van der Waals surface area (Å²) >= 11 is 11.2. The quantitative estimate of drug-likeness (QED) is 0.548. The Morgan fingerprint density at radius 1 is 1.53 bits per heavy atom. The van der Waals surface area contributed by atoms with Crippen LogP contribution in [-0.2, 0) is 7.05 Å². The lowest BCUT2D eigenvalue weighted by Gasteiger charge is -2.04. The predicted molar refractivity (Wildman–Crippen MR) is 76.3 cm³/mol. The van der Waals surface area contributed by atoms with Crippen molar-refractivity contribution in [2.45, 2.75) is 0 Å². The van der Waals surface area contributed by atoms with Gasteiger partial charge in [-0.25, -0.2) is 4.68 Å². The normalized spacial score (nSPS) is 10.6. The highest BCUT2D eigenvalue weighted by Crippen LogP contribution is 2.23. The molecule has 0 unspecified atom stereocenters. The van der Waals surface area contributed by atoms with Crippen molar-refractivity contribution in [1.82, 2.24) is 15.0 Å². The molecule has 0 aliphatic rings. The minimum atomic E-state index is -0.156. The number of nitrogens with zero attached hydrogens (tertiary/aromatic N) is 3. The van der Waals surface area contributed by atoms with Crippen LogP contribution in [0.5, 0.6) is 0 Å². The van der Waals surface area contributed by atoms with Crippen LogP contribution in [0.15, 0.2) is 22.8 Å². The molecule has 0 spiro atoms. The van der Waals surface area contributed by atoms with Gasteiger partial charge in [-0.1, -0.05) is 16.8 Å².